The van der Waals surface area contributed by atoms with Gasteiger partial charge in [0.1, 0.15) is 0 Å². The molecule has 1 heterocycles. The molecule has 1 saturated carbocycles. The van der Waals surface area contributed by atoms with Crippen LogP contribution < -0.4 is 0 Å². The molecule has 2 aliphatic rings. The molecule has 1 saturated heterocycles. The third-order valence-electron chi connectivity index (χ3n) is 4.38. The molecule has 2 fully saturated rings. The second kappa shape index (κ2) is 5.89. The first-order valence-corrected chi connectivity index (χ1v) is 7.51. The van der Waals surface area contributed by atoms with Crippen LogP contribution in [0.4, 0.5) is 13.2 Å². The van der Waals surface area contributed by atoms with E-state index in [0.717, 1.165) is 12.1 Å². The minimum Gasteiger partial charge on any atom is -0.403 e. The van der Waals surface area contributed by atoms with E-state index in [2.05, 4.69) is 27.7 Å². The Labute approximate surface area is 130 Å². The SMILES string of the molecule is CC1(C)OB(C2CC2)OC1(C)C.FC(F)(F)c1ccccc1. The Morgan fingerprint density at radius 1 is 0.955 bits per heavy atom. The highest BCUT2D eigenvalue weighted by atomic mass is 19.4. The molecule has 1 aliphatic heterocycles. The number of alkyl halides is 3. The van der Waals surface area contributed by atoms with Gasteiger partial charge in [0.25, 0.3) is 0 Å². The molecule has 0 bridgehead atoms. The van der Waals surface area contributed by atoms with E-state index in [1.807, 2.05) is 0 Å². The Hall–Kier alpha value is -1.01. The maximum Gasteiger partial charge on any atom is 0.461 e. The summed E-state index contributed by atoms with van der Waals surface area (Å²) < 4.78 is 47.1. The van der Waals surface area contributed by atoms with Gasteiger partial charge in [-0.15, -0.1) is 0 Å². The van der Waals surface area contributed by atoms with Crippen LogP contribution in [0, 0.1) is 0 Å². The Morgan fingerprint density at radius 2 is 1.41 bits per heavy atom. The summed E-state index contributed by atoms with van der Waals surface area (Å²) in [6, 6.07) is 6.36. The van der Waals surface area contributed by atoms with Gasteiger partial charge >= 0.3 is 13.3 Å². The predicted molar refractivity (Wildman–Crippen MR) is 80.5 cm³/mol. The topological polar surface area (TPSA) is 18.5 Å². The predicted octanol–water partition coefficient (Wildman–Crippen LogP) is 4.95. The van der Waals surface area contributed by atoms with Crippen molar-refractivity contribution in [1.82, 2.24) is 0 Å². The van der Waals surface area contributed by atoms with Gasteiger partial charge in [-0.1, -0.05) is 43.2 Å². The summed E-state index contributed by atoms with van der Waals surface area (Å²) in [7, 11) is 0.0648. The van der Waals surface area contributed by atoms with Crippen LogP contribution in [0.1, 0.15) is 46.1 Å². The summed E-state index contributed by atoms with van der Waals surface area (Å²) in [6.07, 6.45) is -1.66. The van der Waals surface area contributed by atoms with Crippen LogP contribution in [0.25, 0.3) is 0 Å². The Bertz CT molecular complexity index is 480. The van der Waals surface area contributed by atoms with E-state index in [0.29, 0.717) is 5.82 Å². The molecule has 0 amide bonds. The van der Waals surface area contributed by atoms with Crippen molar-refractivity contribution in [2.24, 2.45) is 0 Å². The van der Waals surface area contributed by atoms with Gasteiger partial charge in [0.15, 0.2) is 0 Å². The lowest BCUT2D eigenvalue weighted by Gasteiger charge is -2.32. The summed E-state index contributed by atoms with van der Waals surface area (Å²) in [6.45, 7) is 8.43. The summed E-state index contributed by atoms with van der Waals surface area (Å²) in [5, 5.41) is 0. The molecule has 122 valence electrons. The normalized spacial score (nSPS) is 23.0. The minimum atomic E-state index is -4.21. The first-order valence-electron chi connectivity index (χ1n) is 7.51. The fourth-order valence-electron chi connectivity index (χ4n) is 2.08. The quantitative estimate of drug-likeness (QED) is 0.683. The first-order chi connectivity index (χ1) is 10.0. The number of hydrogen-bond acceptors (Lipinski definition) is 2. The summed E-state index contributed by atoms with van der Waals surface area (Å²) in [5.74, 6) is 0.672. The summed E-state index contributed by atoms with van der Waals surface area (Å²) in [4.78, 5) is 0. The first kappa shape index (κ1) is 17.4. The average Bonchev–Trinajstić information content (AvgIpc) is 3.19. The average molecular weight is 314 g/mol. The number of hydrogen-bond donors (Lipinski definition) is 0. The smallest absolute Gasteiger partial charge is 0.403 e. The van der Waals surface area contributed by atoms with Crippen molar-refractivity contribution in [2.45, 2.75) is 63.7 Å². The van der Waals surface area contributed by atoms with Crippen LogP contribution in [-0.4, -0.2) is 18.3 Å². The van der Waals surface area contributed by atoms with Gasteiger partial charge in [0.05, 0.1) is 16.8 Å². The minimum absolute atomic E-state index is 0.0648. The van der Waals surface area contributed by atoms with Crippen LogP contribution in [-0.2, 0) is 15.5 Å². The highest BCUT2D eigenvalue weighted by molar-refractivity contribution is 6.48. The molecule has 0 atom stereocenters. The van der Waals surface area contributed by atoms with Gasteiger partial charge in [-0.2, -0.15) is 13.2 Å². The van der Waals surface area contributed by atoms with Gasteiger partial charge in [-0.05, 0) is 33.5 Å². The van der Waals surface area contributed by atoms with Gasteiger partial charge < -0.3 is 9.31 Å². The fraction of sp³-hybridized carbons (Fsp3) is 0.625. The Balaban J connectivity index is 0.000000164. The third-order valence-corrected chi connectivity index (χ3v) is 4.38. The Kier molecular flexibility index (Phi) is 4.65. The maximum absolute atomic E-state index is 11.8. The standard InChI is InChI=1S/C9H17BO2.C7H5F3/c1-8(2)9(3,4)12-10(11-8)7-5-6-7;8-7(9,10)6-4-2-1-3-5-6/h7H,5-6H2,1-4H3;1-5H. The van der Waals surface area contributed by atoms with Crippen molar-refractivity contribution >= 4 is 7.12 Å². The third kappa shape index (κ3) is 4.05. The highest BCUT2D eigenvalue weighted by Crippen LogP contribution is 2.48. The largest absolute Gasteiger partial charge is 0.461 e. The van der Waals surface area contributed by atoms with Crippen molar-refractivity contribution in [1.29, 1.82) is 0 Å². The van der Waals surface area contributed by atoms with Crippen molar-refractivity contribution in [3.8, 4) is 0 Å². The van der Waals surface area contributed by atoms with Gasteiger partial charge in [0.2, 0.25) is 0 Å². The molecule has 0 spiro atoms. The van der Waals surface area contributed by atoms with Crippen molar-refractivity contribution in [3.05, 3.63) is 35.9 Å². The molecule has 0 aromatic heterocycles. The summed E-state index contributed by atoms with van der Waals surface area (Å²) >= 11 is 0. The van der Waals surface area contributed by atoms with Crippen LogP contribution in [0.15, 0.2) is 30.3 Å². The summed E-state index contributed by atoms with van der Waals surface area (Å²) in [5.41, 5.74) is -0.879. The Morgan fingerprint density at radius 3 is 1.73 bits per heavy atom. The van der Waals surface area contributed by atoms with Gasteiger partial charge in [0, 0.05) is 0 Å². The number of rotatable bonds is 1. The van der Waals surface area contributed by atoms with Gasteiger partial charge in [-0.3, -0.25) is 0 Å². The van der Waals surface area contributed by atoms with Crippen molar-refractivity contribution in [2.75, 3.05) is 0 Å². The maximum atomic E-state index is 11.8. The van der Waals surface area contributed by atoms with Crippen LogP contribution >= 0.6 is 0 Å². The molecule has 6 heteroatoms. The molecule has 2 nitrogen and oxygen atoms in total. The zero-order valence-electron chi connectivity index (χ0n) is 13.4. The van der Waals surface area contributed by atoms with E-state index >= 15 is 0 Å². The van der Waals surface area contributed by atoms with Crippen LogP contribution in [0.3, 0.4) is 0 Å². The molecule has 0 unspecified atom stereocenters. The molecule has 1 aromatic carbocycles. The second-order valence-corrected chi connectivity index (χ2v) is 6.83. The van der Waals surface area contributed by atoms with E-state index < -0.39 is 11.7 Å². The lowest BCUT2D eigenvalue weighted by Crippen LogP contribution is -2.41. The zero-order valence-corrected chi connectivity index (χ0v) is 13.4. The van der Waals surface area contributed by atoms with Crippen LogP contribution in [0.5, 0.6) is 0 Å². The monoisotopic (exact) mass is 314 g/mol. The van der Waals surface area contributed by atoms with E-state index in [9.17, 15) is 13.2 Å². The van der Waals surface area contributed by atoms with E-state index in [1.165, 1.54) is 25.0 Å². The second-order valence-electron chi connectivity index (χ2n) is 6.83. The lowest BCUT2D eigenvalue weighted by atomic mass is 9.82. The molecule has 0 N–H and O–H groups in total. The van der Waals surface area contributed by atoms with Crippen molar-refractivity contribution in [3.63, 3.8) is 0 Å². The molecule has 22 heavy (non-hydrogen) atoms. The molecule has 1 aliphatic carbocycles. The number of halogens is 3. The van der Waals surface area contributed by atoms with Gasteiger partial charge in [-0.25, -0.2) is 0 Å². The fourth-order valence-corrected chi connectivity index (χ4v) is 2.08. The van der Waals surface area contributed by atoms with E-state index in [4.69, 9.17) is 9.31 Å². The van der Waals surface area contributed by atoms with Crippen molar-refractivity contribution < 1.29 is 22.5 Å². The highest BCUT2D eigenvalue weighted by Gasteiger charge is 2.55. The van der Waals surface area contributed by atoms with E-state index in [1.54, 1.807) is 6.07 Å². The molecular weight excluding hydrogens is 292 g/mol. The van der Waals surface area contributed by atoms with E-state index in [-0.39, 0.29) is 18.3 Å². The molecular formula is C16H22BF3O2. The molecule has 0 radical (unpaired) electrons. The lowest BCUT2D eigenvalue weighted by molar-refractivity contribution is -0.137. The van der Waals surface area contributed by atoms with Crippen LogP contribution in [0.2, 0.25) is 5.82 Å². The molecule has 3 rings (SSSR count). The molecule has 1 aromatic rings. The number of benzene rings is 1. The zero-order chi connectivity index (χ0) is 16.6.